The highest BCUT2D eigenvalue weighted by molar-refractivity contribution is 9.10. The first-order chi connectivity index (χ1) is 9.36. The molecule has 1 N–H and O–H groups in total. The number of hydrogen-bond acceptors (Lipinski definition) is 5. The number of nitro groups is 1. The van der Waals surface area contributed by atoms with Crippen LogP contribution in [0.3, 0.4) is 0 Å². The molecular formula is C12H10BrClN4O2. The minimum Gasteiger partial charge on any atom is -0.334 e. The number of rotatable bonds is 3. The molecule has 0 unspecified atom stereocenters. The molecular weight excluding hydrogens is 348 g/mol. The normalized spacial score (nSPS) is 10.4. The Labute approximate surface area is 128 Å². The molecule has 8 heteroatoms. The van der Waals surface area contributed by atoms with E-state index in [4.69, 9.17) is 11.6 Å². The van der Waals surface area contributed by atoms with Crippen molar-refractivity contribution in [3.8, 4) is 0 Å². The highest BCUT2D eigenvalue weighted by Gasteiger charge is 2.21. The Balaban J connectivity index is 2.49. The van der Waals surface area contributed by atoms with Gasteiger partial charge in [0.2, 0.25) is 11.1 Å². The third-order valence-electron chi connectivity index (χ3n) is 2.52. The molecule has 0 aliphatic carbocycles. The number of anilines is 2. The lowest BCUT2D eigenvalue weighted by molar-refractivity contribution is -0.385. The van der Waals surface area contributed by atoms with Gasteiger partial charge in [-0.05, 0) is 49.2 Å². The van der Waals surface area contributed by atoms with Crippen LogP contribution < -0.4 is 5.32 Å². The Morgan fingerprint density at radius 2 is 2.00 bits per heavy atom. The molecule has 0 saturated heterocycles. The van der Waals surface area contributed by atoms with Crippen molar-refractivity contribution >= 4 is 44.7 Å². The average molecular weight is 358 g/mol. The summed E-state index contributed by atoms with van der Waals surface area (Å²) >= 11 is 9.13. The molecule has 1 heterocycles. The van der Waals surface area contributed by atoms with Crippen LogP contribution in [-0.2, 0) is 0 Å². The van der Waals surface area contributed by atoms with Gasteiger partial charge in [-0.25, -0.2) is 4.98 Å². The van der Waals surface area contributed by atoms with Gasteiger partial charge in [-0.15, -0.1) is 0 Å². The summed E-state index contributed by atoms with van der Waals surface area (Å²) in [6, 6.07) is 5.57. The van der Waals surface area contributed by atoms with Gasteiger partial charge in [0, 0.05) is 10.2 Å². The minimum atomic E-state index is -0.529. The van der Waals surface area contributed by atoms with Crippen molar-refractivity contribution in [2.24, 2.45) is 0 Å². The van der Waals surface area contributed by atoms with E-state index in [0.717, 1.165) is 10.0 Å². The number of nitrogens with zero attached hydrogens (tertiary/aromatic N) is 3. The van der Waals surface area contributed by atoms with Crippen molar-refractivity contribution in [2.45, 2.75) is 13.8 Å². The van der Waals surface area contributed by atoms with Crippen LogP contribution >= 0.6 is 27.5 Å². The lowest BCUT2D eigenvalue weighted by atomic mass is 10.2. The zero-order valence-electron chi connectivity index (χ0n) is 10.6. The van der Waals surface area contributed by atoms with Crippen LogP contribution in [0.1, 0.15) is 11.3 Å². The Morgan fingerprint density at radius 1 is 1.30 bits per heavy atom. The van der Waals surface area contributed by atoms with E-state index >= 15 is 0 Å². The molecule has 0 aliphatic rings. The van der Waals surface area contributed by atoms with Gasteiger partial charge in [-0.1, -0.05) is 15.9 Å². The molecule has 0 atom stereocenters. The molecule has 0 spiro atoms. The second-order valence-corrected chi connectivity index (χ2v) is 5.43. The van der Waals surface area contributed by atoms with E-state index in [0.29, 0.717) is 5.69 Å². The molecule has 1 aromatic heterocycles. The molecule has 0 aliphatic heterocycles. The SMILES string of the molecule is Cc1cc(Br)cc(Nc2nc(Cl)nc(C)c2[N+](=O)[O-])c1. The zero-order valence-corrected chi connectivity index (χ0v) is 13.0. The van der Waals surface area contributed by atoms with Gasteiger partial charge in [-0.3, -0.25) is 10.1 Å². The Morgan fingerprint density at radius 3 is 2.60 bits per heavy atom. The van der Waals surface area contributed by atoms with Gasteiger partial charge in [-0.2, -0.15) is 4.98 Å². The largest absolute Gasteiger partial charge is 0.334 e. The maximum absolute atomic E-state index is 11.1. The number of halogens is 2. The number of nitrogens with one attached hydrogen (secondary N) is 1. The van der Waals surface area contributed by atoms with Crippen LogP contribution in [0.15, 0.2) is 22.7 Å². The lowest BCUT2D eigenvalue weighted by Crippen LogP contribution is -2.04. The number of benzene rings is 1. The van der Waals surface area contributed by atoms with Crippen molar-refractivity contribution in [3.05, 3.63) is 49.3 Å². The van der Waals surface area contributed by atoms with Crippen molar-refractivity contribution in [1.29, 1.82) is 0 Å². The molecule has 2 aromatic rings. The van der Waals surface area contributed by atoms with E-state index in [1.165, 1.54) is 6.92 Å². The Bertz CT molecular complexity index is 673. The molecule has 20 heavy (non-hydrogen) atoms. The molecule has 104 valence electrons. The lowest BCUT2D eigenvalue weighted by Gasteiger charge is -2.09. The van der Waals surface area contributed by atoms with Gasteiger partial charge in [0.15, 0.2) is 0 Å². The summed E-state index contributed by atoms with van der Waals surface area (Å²) in [7, 11) is 0. The van der Waals surface area contributed by atoms with Crippen molar-refractivity contribution in [3.63, 3.8) is 0 Å². The first-order valence-electron chi connectivity index (χ1n) is 5.59. The van der Waals surface area contributed by atoms with E-state index in [1.54, 1.807) is 6.07 Å². The van der Waals surface area contributed by atoms with Crippen LogP contribution in [0.5, 0.6) is 0 Å². The molecule has 0 amide bonds. The molecule has 2 rings (SSSR count). The van der Waals surface area contributed by atoms with E-state index < -0.39 is 4.92 Å². The molecule has 0 fully saturated rings. The Hall–Kier alpha value is -1.73. The molecule has 0 bridgehead atoms. The highest BCUT2D eigenvalue weighted by atomic mass is 79.9. The van der Waals surface area contributed by atoms with Crippen LogP contribution in [0.2, 0.25) is 5.28 Å². The first kappa shape index (κ1) is 14.7. The molecule has 0 saturated carbocycles. The fraction of sp³-hybridized carbons (Fsp3) is 0.167. The number of hydrogen-bond donors (Lipinski definition) is 1. The maximum Gasteiger partial charge on any atom is 0.332 e. The highest BCUT2D eigenvalue weighted by Crippen LogP contribution is 2.30. The quantitative estimate of drug-likeness (QED) is 0.507. The average Bonchev–Trinajstić information content (AvgIpc) is 2.25. The van der Waals surface area contributed by atoms with Crippen LogP contribution in [0, 0.1) is 24.0 Å². The van der Waals surface area contributed by atoms with E-state index in [1.807, 2.05) is 19.1 Å². The fourth-order valence-electron chi connectivity index (χ4n) is 1.78. The third kappa shape index (κ3) is 3.23. The summed E-state index contributed by atoms with van der Waals surface area (Å²) < 4.78 is 0.861. The fourth-order valence-corrected chi connectivity index (χ4v) is 2.60. The summed E-state index contributed by atoms with van der Waals surface area (Å²) in [6.07, 6.45) is 0. The smallest absolute Gasteiger partial charge is 0.332 e. The standard InChI is InChI=1S/C12H10BrClN4O2/c1-6-3-8(13)5-9(4-6)16-11-10(18(19)20)7(2)15-12(14)17-11/h3-5H,1-2H3,(H,15,16,17). The van der Waals surface area contributed by atoms with Crippen LogP contribution in [0.25, 0.3) is 0 Å². The number of aromatic nitrogens is 2. The van der Waals surface area contributed by atoms with Crippen molar-refractivity contribution in [1.82, 2.24) is 9.97 Å². The van der Waals surface area contributed by atoms with Gasteiger partial charge in [0.05, 0.1) is 4.92 Å². The van der Waals surface area contributed by atoms with Crippen LogP contribution in [-0.4, -0.2) is 14.9 Å². The van der Waals surface area contributed by atoms with E-state index in [2.05, 4.69) is 31.2 Å². The van der Waals surface area contributed by atoms with Gasteiger partial charge >= 0.3 is 5.69 Å². The zero-order chi connectivity index (χ0) is 14.9. The van der Waals surface area contributed by atoms with Crippen molar-refractivity contribution in [2.75, 3.05) is 5.32 Å². The molecule has 0 radical (unpaired) electrons. The van der Waals surface area contributed by atoms with E-state index in [-0.39, 0.29) is 22.5 Å². The third-order valence-corrected chi connectivity index (χ3v) is 3.15. The van der Waals surface area contributed by atoms with Crippen molar-refractivity contribution < 1.29 is 4.92 Å². The predicted octanol–water partition coefficient (Wildman–Crippen LogP) is 4.16. The Kier molecular flexibility index (Phi) is 4.20. The first-order valence-corrected chi connectivity index (χ1v) is 6.76. The molecule has 1 aromatic carbocycles. The van der Waals surface area contributed by atoms with Gasteiger partial charge in [0.1, 0.15) is 5.69 Å². The maximum atomic E-state index is 11.1. The predicted molar refractivity (Wildman–Crippen MR) is 80.6 cm³/mol. The van der Waals surface area contributed by atoms with Crippen LogP contribution in [0.4, 0.5) is 17.2 Å². The summed E-state index contributed by atoms with van der Waals surface area (Å²) in [4.78, 5) is 18.3. The second-order valence-electron chi connectivity index (χ2n) is 4.17. The summed E-state index contributed by atoms with van der Waals surface area (Å²) in [5.74, 6) is 0.0741. The minimum absolute atomic E-state index is 0.0395. The summed E-state index contributed by atoms with van der Waals surface area (Å²) in [5, 5.41) is 14.0. The van der Waals surface area contributed by atoms with Gasteiger partial charge < -0.3 is 5.32 Å². The van der Waals surface area contributed by atoms with E-state index in [9.17, 15) is 10.1 Å². The summed E-state index contributed by atoms with van der Waals surface area (Å²) in [6.45, 7) is 3.44. The van der Waals surface area contributed by atoms with Gasteiger partial charge in [0.25, 0.3) is 0 Å². The number of aryl methyl sites for hydroxylation is 2. The monoisotopic (exact) mass is 356 g/mol. The molecule has 6 nitrogen and oxygen atoms in total. The topological polar surface area (TPSA) is 81.0 Å². The second kappa shape index (κ2) is 5.72. The summed E-state index contributed by atoms with van der Waals surface area (Å²) in [5.41, 5.74) is 1.70.